The maximum absolute atomic E-state index is 12.6. The zero-order valence-corrected chi connectivity index (χ0v) is 20.9. The van der Waals surface area contributed by atoms with Gasteiger partial charge in [-0.2, -0.15) is 9.97 Å². The number of amides is 2. The lowest BCUT2D eigenvalue weighted by molar-refractivity contribution is 0.161. The van der Waals surface area contributed by atoms with E-state index in [1.54, 1.807) is 13.2 Å². The zero-order chi connectivity index (χ0) is 23.6. The Morgan fingerprint density at radius 2 is 1.88 bits per heavy atom. The molecule has 0 spiro atoms. The number of hydrogen-bond donors (Lipinski definition) is 2. The van der Waals surface area contributed by atoms with Crippen LogP contribution in [0.3, 0.4) is 0 Å². The molecule has 180 valence electrons. The Morgan fingerprint density at radius 3 is 2.55 bits per heavy atom. The molecule has 1 saturated carbocycles. The Labute approximate surface area is 199 Å². The molecule has 1 aliphatic heterocycles. The lowest BCUT2D eigenvalue weighted by atomic mass is 9.71. The van der Waals surface area contributed by atoms with E-state index in [0.29, 0.717) is 23.0 Å². The average Bonchev–Trinajstić information content (AvgIpc) is 3.19. The highest BCUT2D eigenvalue weighted by Crippen LogP contribution is 2.38. The number of nitrogens with zero attached hydrogens (tertiary/aromatic N) is 4. The lowest BCUT2D eigenvalue weighted by Gasteiger charge is -2.37. The number of fused-ring (bicyclic) bond motifs is 1. The molecule has 2 aromatic rings. The normalized spacial score (nSPS) is 20.7. The predicted molar refractivity (Wildman–Crippen MR) is 129 cm³/mol. The van der Waals surface area contributed by atoms with Crippen LogP contribution in [0, 0.1) is 11.3 Å². The van der Waals surface area contributed by atoms with E-state index in [1.165, 1.54) is 18.4 Å². The molecule has 10 heteroatoms. The zero-order valence-electron chi connectivity index (χ0n) is 20.1. The molecule has 0 bridgehead atoms. The average molecular weight is 475 g/mol. The summed E-state index contributed by atoms with van der Waals surface area (Å²) >= 11 is 1.52. The van der Waals surface area contributed by atoms with Crippen molar-refractivity contribution in [3.8, 4) is 11.9 Å². The van der Waals surface area contributed by atoms with Gasteiger partial charge in [0.05, 0.1) is 26.5 Å². The van der Waals surface area contributed by atoms with Crippen LogP contribution in [0.4, 0.5) is 15.7 Å². The van der Waals surface area contributed by atoms with Gasteiger partial charge in [0.1, 0.15) is 5.82 Å². The number of carbonyl (C=O) groups excluding carboxylic acids is 1. The van der Waals surface area contributed by atoms with Crippen LogP contribution in [0.25, 0.3) is 0 Å². The molecular formula is C23H34N6O3S. The third kappa shape index (κ3) is 5.66. The Kier molecular flexibility index (Phi) is 6.92. The van der Waals surface area contributed by atoms with Crippen LogP contribution in [0.15, 0.2) is 6.07 Å². The van der Waals surface area contributed by atoms with Crippen molar-refractivity contribution >= 4 is 28.3 Å². The summed E-state index contributed by atoms with van der Waals surface area (Å²) in [4.78, 5) is 29.1. The highest BCUT2D eigenvalue weighted by molar-refractivity contribution is 7.15. The molecule has 1 fully saturated rings. The third-order valence-electron chi connectivity index (χ3n) is 6.62. The Hall–Kier alpha value is -2.62. The monoisotopic (exact) mass is 474 g/mol. The Morgan fingerprint density at radius 1 is 1.12 bits per heavy atom. The second-order valence-electron chi connectivity index (χ2n) is 9.83. The van der Waals surface area contributed by atoms with Gasteiger partial charge in [-0.25, -0.2) is 9.78 Å². The summed E-state index contributed by atoms with van der Waals surface area (Å²) in [7, 11) is 3.11. The van der Waals surface area contributed by atoms with Crippen molar-refractivity contribution in [1.82, 2.24) is 20.3 Å². The van der Waals surface area contributed by atoms with Crippen molar-refractivity contribution in [3.05, 3.63) is 16.6 Å². The topological polar surface area (TPSA) is 102 Å². The predicted octanol–water partition coefficient (Wildman–Crippen LogP) is 4.24. The molecule has 0 unspecified atom stereocenters. The van der Waals surface area contributed by atoms with E-state index < -0.39 is 0 Å². The van der Waals surface area contributed by atoms with Gasteiger partial charge in [0, 0.05) is 30.0 Å². The van der Waals surface area contributed by atoms with Crippen LogP contribution < -0.4 is 25.0 Å². The van der Waals surface area contributed by atoms with Gasteiger partial charge in [-0.15, -0.1) is 0 Å². The highest BCUT2D eigenvalue weighted by Gasteiger charge is 2.30. The third-order valence-corrected chi connectivity index (χ3v) is 7.62. The van der Waals surface area contributed by atoms with E-state index in [1.807, 2.05) is 0 Å². The number of rotatable bonds is 5. The number of thiazole rings is 1. The summed E-state index contributed by atoms with van der Waals surface area (Å²) in [5.41, 5.74) is 1.37. The number of methoxy groups -OCH3 is 2. The Balaban J connectivity index is 1.34. The highest BCUT2D eigenvalue weighted by atomic mass is 32.1. The van der Waals surface area contributed by atoms with Crippen LogP contribution in [0.2, 0.25) is 0 Å². The first-order valence-corrected chi connectivity index (χ1v) is 12.3. The molecule has 2 aliphatic rings. The summed E-state index contributed by atoms with van der Waals surface area (Å²) in [6.07, 6.45) is 5.17. The van der Waals surface area contributed by atoms with Gasteiger partial charge in [-0.05, 0) is 37.0 Å². The van der Waals surface area contributed by atoms with Gasteiger partial charge in [0.25, 0.3) is 0 Å². The second-order valence-corrected chi connectivity index (χ2v) is 10.9. The van der Waals surface area contributed by atoms with Crippen LogP contribution in [0.5, 0.6) is 11.9 Å². The van der Waals surface area contributed by atoms with Crippen molar-refractivity contribution in [2.75, 3.05) is 31.0 Å². The van der Waals surface area contributed by atoms with E-state index in [9.17, 15) is 4.79 Å². The second kappa shape index (κ2) is 9.70. The molecule has 9 nitrogen and oxygen atoms in total. The van der Waals surface area contributed by atoms with Crippen LogP contribution in [-0.2, 0) is 13.0 Å². The van der Waals surface area contributed by atoms with Crippen molar-refractivity contribution in [2.45, 2.75) is 65.5 Å². The van der Waals surface area contributed by atoms with E-state index >= 15 is 0 Å². The summed E-state index contributed by atoms with van der Waals surface area (Å²) in [5, 5.41) is 6.73. The number of ether oxygens (including phenoxy) is 2. The summed E-state index contributed by atoms with van der Waals surface area (Å²) < 4.78 is 10.5. The van der Waals surface area contributed by atoms with Crippen molar-refractivity contribution < 1.29 is 14.3 Å². The molecule has 3 heterocycles. The maximum Gasteiger partial charge on any atom is 0.321 e. The minimum absolute atomic E-state index is 0.164. The maximum atomic E-state index is 12.6. The van der Waals surface area contributed by atoms with Crippen molar-refractivity contribution in [2.24, 2.45) is 11.3 Å². The van der Waals surface area contributed by atoms with Crippen LogP contribution in [-0.4, -0.2) is 47.8 Å². The molecule has 33 heavy (non-hydrogen) atoms. The number of nitrogens with one attached hydrogen (secondary N) is 2. The molecule has 0 radical (unpaired) electrons. The summed E-state index contributed by atoms with van der Waals surface area (Å²) in [6, 6.07) is 2.14. The van der Waals surface area contributed by atoms with Crippen molar-refractivity contribution in [3.63, 3.8) is 0 Å². The summed E-state index contributed by atoms with van der Waals surface area (Å²) in [6.45, 7) is 8.35. The number of urea groups is 1. The van der Waals surface area contributed by atoms with E-state index in [4.69, 9.17) is 9.47 Å². The molecule has 2 N–H and O–H groups in total. The van der Waals surface area contributed by atoms with E-state index in [-0.39, 0.29) is 18.1 Å². The molecule has 0 atom stereocenters. The quantitative estimate of drug-likeness (QED) is 0.668. The van der Waals surface area contributed by atoms with Crippen LogP contribution in [0.1, 0.15) is 57.0 Å². The fourth-order valence-electron chi connectivity index (χ4n) is 4.62. The van der Waals surface area contributed by atoms with E-state index in [0.717, 1.165) is 61.0 Å². The fraction of sp³-hybridized carbons (Fsp3) is 0.652. The first-order valence-electron chi connectivity index (χ1n) is 11.5. The summed E-state index contributed by atoms with van der Waals surface area (Å²) in [5.74, 6) is 1.93. The van der Waals surface area contributed by atoms with Gasteiger partial charge in [0.2, 0.25) is 5.88 Å². The van der Waals surface area contributed by atoms with Gasteiger partial charge in [-0.1, -0.05) is 32.1 Å². The Bertz CT molecular complexity index is 959. The molecule has 0 aromatic carbocycles. The first-order chi connectivity index (χ1) is 15.7. The smallest absolute Gasteiger partial charge is 0.321 e. The van der Waals surface area contributed by atoms with Gasteiger partial charge in [0.15, 0.2) is 5.13 Å². The number of anilines is 2. The lowest BCUT2D eigenvalue weighted by Crippen LogP contribution is -2.41. The first kappa shape index (κ1) is 23.5. The SMILES string of the molecule is COc1cc(N2CCc3nc(NC(=O)NC4CCC(C(C)(C)C)CC4)sc3C2)nc(OC)n1. The van der Waals surface area contributed by atoms with Gasteiger partial charge >= 0.3 is 12.0 Å². The molecule has 1 aliphatic carbocycles. The molecule has 2 aromatic heterocycles. The minimum Gasteiger partial charge on any atom is -0.481 e. The molecule has 2 amide bonds. The standard InChI is InChI=1S/C23H34N6O3S/c1-23(2,3)14-6-8-15(9-7-14)24-20(30)28-22-25-16-10-11-29(13-17(16)33-22)18-12-19(31-4)27-21(26-18)32-5/h12,14-15H,6-11,13H2,1-5H3,(H2,24,25,28,30). The molecular weight excluding hydrogens is 440 g/mol. The molecule has 0 saturated heterocycles. The molecule has 4 rings (SSSR count). The number of aromatic nitrogens is 3. The minimum atomic E-state index is -0.164. The number of carbonyl (C=O) groups is 1. The largest absolute Gasteiger partial charge is 0.481 e. The van der Waals surface area contributed by atoms with Gasteiger partial charge in [-0.3, -0.25) is 5.32 Å². The van der Waals surface area contributed by atoms with Crippen LogP contribution >= 0.6 is 11.3 Å². The fourth-order valence-corrected chi connectivity index (χ4v) is 5.64. The van der Waals surface area contributed by atoms with E-state index in [2.05, 4.69) is 51.3 Å². The van der Waals surface area contributed by atoms with Gasteiger partial charge < -0.3 is 19.7 Å². The number of hydrogen-bond acceptors (Lipinski definition) is 8. The van der Waals surface area contributed by atoms with Crippen molar-refractivity contribution in [1.29, 1.82) is 0 Å².